The van der Waals surface area contributed by atoms with E-state index in [1.54, 1.807) is 0 Å². The average molecular weight is 313 g/mol. The van der Waals surface area contributed by atoms with Crippen LogP contribution in [0.3, 0.4) is 0 Å². The van der Waals surface area contributed by atoms with Crippen LogP contribution in [0.25, 0.3) is 33.2 Å². The summed E-state index contributed by atoms with van der Waals surface area (Å²) in [5, 5.41) is 2.45. The van der Waals surface area contributed by atoms with Gasteiger partial charge in [0.2, 0.25) is 0 Å². The third-order valence-electron chi connectivity index (χ3n) is 5.32. The van der Waals surface area contributed by atoms with E-state index in [1.807, 2.05) is 24.4 Å². The molecule has 0 saturated carbocycles. The van der Waals surface area contributed by atoms with Crippen molar-refractivity contribution in [3.8, 4) is 11.3 Å². The second kappa shape index (κ2) is 5.20. The molecule has 2 heteroatoms. The fraction of sp³-hybridized carbons (Fsp3) is 0.227. The minimum atomic E-state index is 0.907. The van der Waals surface area contributed by atoms with Gasteiger partial charge in [-0.15, -0.1) is 0 Å². The predicted molar refractivity (Wildman–Crippen MR) is 98.3 cm³/mol. The van der Waals surface area contributed by atoms with Gasteiger partial charge in [-0.05, 0) is 61.4 Å². The smallest absolute Gasteiger partial charge is 0.161 e. The summed E-state index contributed by atoms with van der Waals surface area (Å²) < 4.78 is 6.32. The summed E-state index contributed by atoms with van der Waals surface area (Å²) >= 11 is 0. The standard InChI is InChI=1S/C22H19NO/c1-14-17-10-6-5-9-16(17)13-19-20(14)18-11-12-23-21(22(18)24-19)15-7-3-2-4-8-15/h2-4,7-8,11-13H,5-6,9-10H2,1H3. The third kappa shape index (κ3) is 1.92. The van der Waals surface area contributed by atoms with Crippen LogP contribution in [0, 0.1) is 6.92 Å². The molecule has 2 aromatic heterocycles. The number of furan rings is 1. The summed E-state index contributed by atoms with van der Waals surface area (Å²) in [5.74, 6) is 0. The van der Waals surface area contributed by atoms with Crippen molar-refractivity contribution < 1.29 is 4.42 Å². The molecule has 4 aromatic rings. The van der Waals surface area contributed by atoms with Crippen LogP contribution >= 0.6 is 0 Å². The molecule has 2 aromatic carbocycles. The van der Waals surface area contributed by atoms with Crippen LogP contribution in [0.15, 0.2) is 53.1 Å². The molecule has 1 aliphatic carbocycles. The van der Waals surface area contributed by atoms with Crippen LogP contribution in [-0.2, 0) is 12.8 Å². The normalized spacial score (nSPS) is 14.2. The minimum Gasteiger partial charge on any atom is -0.454 e. The van der Waals surface area contributed by atoms with Crippen LogP contribution in [0.2, 0.25) is 0 Å². The Morgan fingerprint density at radius 1 is 1.00 bits per heavy atom. The van der Waals surface area contributed by atoms with E-state index in [2.05, 4.69) is 36.2 Å². The first-order valence-electron chi connectivity index (χ1n) is 8.71. The number of hydrogen-bond acceptors (Lipinski definition) is 2. The monoisotopic (exact) mass is 313 g/mol. The molecule has 118 valence electrons. The molecule has 2 heterocycles. The lowest BCUT2D eigenvalue weighted by Gasteiger charge is -2.18. The molecule has 24 heavy (non-hydrogen) atoms. The zero-order valence-corrected chi connectivity index (χ0v) is 13.8. The van der Waals surface area contributed by atoms with E-state index in [4.69, 9.17) is 4.42 Å². The third-order valence-corrected chi connectivity index (χ3v) is 5.32. The molecule has 0 fully saturated rings. The van der Waals surface area contributed by atoms with Crippen molar-refractivity contribution in [2.75, 3.05) is 0 Å². The van der Waals surface area contributed by atoms with E-state index in [-0.39, 0.29) is 0 Å². The van der Waals surface area contributed by atoms with E-state index in [0.29, 0.717) is 0 Å². The Morgan fingerprint density at radius 2 is 1.83 bits per heavy atom. The van der Waals surface area contributed by atoms with Crippen molar-refractivity contribution in [2.45, 2.75) is 32.6 Å². The van der Waals surface area contributed by atoms with E-state index >= 15 is 0 Å². The summed E-state index contributed by atoms with van der Waals surface area (Å²) in [6, 6.07) is 14.7. The largest absolute Gasteiger partial charge is 0.454 e. The average Bonchev–Trinajstić information content (AvgIpc) is 3.01. The lowest BCUT2D eigenvalue weighted by molar-refractivity contribution is 0.657. The number of fused-ring (bicyclic) bond motifs is 4. The number of aromatic nitrogens is 1. The number of pyridine rings is 1. The van der Waals surface area contributed by atoms with Gasteiger partial charge >= 0.3 is 0 Å². The highest BCUT2D eigenvalue weighted by molar-refractivity contribution is 6.10. The molecule has 0 radical (unpaired) electrons. The van der Waals surface area contributed by atoms with Crippen molar-refractivity contribution in [3.05, 3.63) is 65.4 Å². The maximum atomic E-state index is 6.32. The Bertz CT molecular complexity index is 1060. The zero-order valence-electron chi connectivity index (χ0n) is 13.8. The molecular weight excluding hydrogens is 294 g/mol. The molecule has 0 bridgehead atoms. The van der Waals surface area contributed by atoms with Gasteiger partial charge in [0.1, 0.15) is 11.3 Å². The van der Waals surface area contributed by atoms with Crippen LogP contribution in [0.4, 0.5) is 0 Å². The molecule has 0 amide bonds. The Balaban J connectivity index is 1.87. The molecular formula is C22H19NO. The van der Waals surface area contributed by atoms with Crippen molar-refractivity contribution in [1.29, 1.82) is 0 Å². The predicted octanol–water partition coefficient (Wildman–Crippen LogP) is 5.84. The molecule has 2 nitrogen and oxygen atoms in total. The van der Waals surface area contributed by atoms with Crippen LogP contribution in [0.5, 0.6) is 0 Å². The molecule has 0 spiro atoms. The van der Waals surface area contributed by atoms with Crippen molar-refractivity contribution in [3.63, 3.8) is 0 Å². The van der Waals surface area contributed by atoms with Gasteiger partial charge in [-0.3, -0.25) is 4.98 Å². The van der Waals surface area contributed by atoms with E-state index < -0.39 is 0 Å². The summed E-state index contributed by atoms with van der Waals surface area (Å²) in [6.07, 6.45) is 6.85. The topological polar surface area (TPSA) is 26.0 Å². The van der Waals surface area contributed by atoms with Gasteiger partial charge < -0.3 is 4.42 Å². The molecule has 0 N–H and O–H groups in total. The number of rotatable bonds is 1. The quantitative estimate of drug-likeness (QED) is 0.441. The molecule has 5 rings (SSSR count). The summed E-state index contributed by atoms with van der Waals surface area (Å²) in [7, 11) is 0. The number of benzene rings is 2. The van der Waals surface area contributed by atoms with Gasteiger partial charge in [0, 0.05) is 22.5 Å². The van der Waals surface area contributed by atoms with Crippen LogP contribution < -0.4 is 0 Å². The first-order chi connectivity index (χ1) is 11.8. The second-order valence-electron chi connectivity index (χ2n) is 6.72. The highest BCUT2D eigenvalue weighted by Crippen LogP contribution is 2.39. The van der Waals surface area contributed by atoms with Crippen molar-refractivity contribution in [1.82, 2.24) is 4.98 Å². The SMILES string of the molecule is Cc1c2c(cc3oc4c(-c5ccccc5)nccc4c13)CCCC2. The molecule has 0 saturated heterocycles. The lowest BCUT2D eigenvalue weighted by Crippen LogP contribution is -2.04. The number of nitrogens with zero attached hydrogens (tertiary/aromatic N) is 1. The van der Waals surface area contributed by atoms with Gasteiger partial charge in [0.25, 0.3) is 0 Å². The second-order valence-corrected chi connectivity index (χ2v) is 6.72. The van der Waals surface area contributed by atoms with Crippen LogP contribution in [-0.4, -0.2) is 4.98 Å². The molecule has 0 atom stereocenters. The summed E-state index contributed by atoms with van der Waals surface area (Å²) in [5.41, 5.74) is 8.35. The van der Waals surface area contributed by atoms with E-state index in [1.165, 1.54) is 53.1 Å². The van der Waals surface area contributed by atoms with Crippen LogP contribution in [0.1, 0.15) is 29.5 Å². The first kappa shape index (κ1) is 13.8. The zero-order chi connectivity index (χ0) is 16.1. The highest BCUT2D eigenvalue weighted by Gasteiger charge is 2.20. The van der Waals surface area contributed by atoms with E-state index in [0.717, 1.165) is 22.4 Å². The number of hydrogen-bond donors (Lipinski definition) is 0. The van der Waals surface area contributed by atoms with Crippen molar-refractivity contribution in [2.24, 2.45) is 0 Å². The fourth-order valence-electron chi connectivity index (χ4n) is 4.16. The van der Waals surface area contributed by atoms with Gasteiger partial charge in [-0.2, -0.15) is 0 Å². The molecule has 0 unspecified atom stereocenters. The Kier molecular flexibility index (Phi) is 2.99. The first-order valence-corrected chi connectivity index (χ1v) is 8.71. The summed E-state index contributed by atoms with van der Waals surface area (Å²) in [6.45, 7) is 2.25. The van der Waals surface area contributed by atoms with Gasteiger partial charge in [0.05, 0.1) is 0 Å². The van der Waals surface area contributed by atoms with Crippen molar-refractivity contribution >= 4 is 21.9 Å². The maximum absolute atomic E-state index is 6.32. The van der Waals surface area contributed by atoms with E-state index in [9.17, 15) is 0 Å². The van der Waals surface area contributed by atoms with Gasteiger partial charge in [-0.1, -0.05) is 30.3 Å². The molecule has 1 aliphatic rings. The highest BCUT2D eigenvalue weighted by atomic mass is 16.3. The Labute approximate surface area is 141 Å². The summed E-state index contributed by atoms with van der Waals surface area (Å²) in [4.78, 5) is 4.61. The van der Waals surface area contributed by atoms with Gasteiger partial charge in [-0.25, -0.2) is 0 Å². The Morgan fingerprint density at radius 3 is 2.71 bits per heavy atom. The van der Waals surface area contributed by atoms with Gasteiger partial charge in [0.15, 0.2) is 5.58 Å². The maximum Gasteiger partial charge on any atom is 0.161 e. The minimum absolute atomic E-state index is 0.907. The lowest BCUT2D eigenvalue weighted by atomic mass is 9.86. The number of aryl methyl sites for hydroxylation is 2. The Hall–Kier alpha value is -2.61. The fourth-order valence-corrected chi connectivity index (χ4v) is 4.16. The molecule has 0 aliphatic heterocycles.